The van der Waals surface area contributed by atoms with E-state index in [2.05, 4.69) is 15.3 Å². The van der Waals surface area contributed by atoms with Crippen LogP contribution in [0.5, 0.6) is 5.75 Å². The average Bonchev–Trinajstić information content (AvgIpc) is 2.42. The number of aromatic hydroxyl groups is 1. The summed E-state index contributed by atoms with van der Waals surface area (Å²) >= 11 is 0. The number of rotatable bonds is 3. The summed E-state index contributed by atoms with van der Waals surface area (Å²) in [5, 5.41) is 21.3. The Balaban J connectivity index is 2.39. The molecule has 3 N–H and O–H groups in total. The molecule has 22 heavy (non-hydrogen) atoms. The molecule has 0 atom stereocenters. The number of aromatic carboxylic acids is 1. The number of hydrogen-bond acceptors (Lipinski definition) is 5. The van der Waals surface area contributed by atoms with Crippen LogP contribution in [0.2, 0.25) is 0 Å². The molecule has 0 saturated heterocycles. The van der Waals surface area contributed by atoms with Crippen LogP contribution in [0.1, 0.15) is 37.7 Å². The lowest BCUT2D eigenvalue weighted by Gasteiger charge is -2.11. The molecular formula is C15H15N3O4. The second kappa shape index (κ2) is 5.80. The van der Waals surface area contributed by atoms with Crippen LogP contribution in [0.4, 0.5) is 5.82 Å². The molecule has 0 aliphatic heterocycles. The average molecular weight is 301 g/mol. The van der Waals surface area contributed by atoms with E-state index in [0.29, 0.717) is 22.8 Å². The molecule has 7 nitrogen and oxygen atoms in total. The topological polar surface area (TPSA) is 112 Å². The van der Waals surface area contributed by atoms with Crippen molar-refractivity contribution in [2.45, 2.75) is 20.8 Å². The highest BCUT2D eigenvalue weighted by molar-refractivity contribution is 6.07. The van der Waals surface area contributed by atoms with Crippen LogP contribution in [-0.2, 0) is 0 Å². The molecule has 0 fully saturated rings. The van der Waals surface area contributed by atoms with Gasteiger partial charge in [-0.05, 0) is 38.5 Å². The zero-order chi connectivity index (χ0) is 16.4. The Bertz CT molecular complexity index is 772. The molecule has 1 aromatic heterocycles. The van der Waals surface area contributed by atoms with E-state index in [0.717, 1.165) is 6.07 Å². The van der Waals surface area contributed by atoms with Crippen LogP contribution in [0, 0.1) is 20.8 Å². The Morgan fingerprint density at radius 3 is 2.41 bits per heavy atom. The van der Waals surface area contributed by atoms with Gasteiger partial charge in [0.15, 0.2) is 0 Å². The standard InChI is InChI=1S/C15H15N3O4/c1-7-4-12(19)11(15(21)22)5-10(7)14(20)18-13-8(2)6-16-9(3)17-13/h4-6,19H,1-3H3,(H,21,22)(H,16,17,18,20). The molecule has 0 aliphatic carbocycles. The monoisotopic (exact) mass is 301 g/mol. The Hall–Kier alpha value is -2.96. The maximum Gasteiger partial charge on any atom is 0.339 e. The van der Waals surface area contributed by atoms with E-state index in [1.807, 2.05) is 0 Å². The lowest BCUT2D eigenvalue weighted by atomic mass is 10.0. The third-order valence-corrected chi connectivity index (χ3v) is 3.14. The number of aromatic nitrogens is 2. The van der Waals surface area contributed by atoms with Gasteiger partial charge in [0, 0.05) is 17.3 Å². The number of aryl methyl sites for hydroxylation is 3. The van der Waals surface area contributed by atoms with Gasteiger partial charge in [0.25, 0.3) is 5.91 Å². The van der Waals surface area contributed by atoms with E-state index in [-0.39, 0.29) is 16.9 Å². The molecule has 0 aliphatic rings. The van der Waals surface area contributed by atoms with Crippen LogP contribution in [0.25, 0.3) is 0 Å². The van der Waals surface area contributed by atoms with E-state index in [1.54, 1.807) is 27.0 Å². The Labute approximate surface area is 126 Å². The quantitative estimate of drug-likeness (QED) is 0.800. The van der Waals surface area contributed by atoms with Gasteiger partial charge >= 0.3 is 5.97 Å². The predicted octanol–water partition coefficient (Wildman–Crippen LogP) is 2.06. The fourth-order valence-corrected chi connectivity index (χ4v) is 1.94. The number of amides is 1. The van der Waals surface area contributed by atoms with Crippen LogP contribution in [0.15, 0.2) is 18.3 Å². The number of nitrogens with zero attached hydrogens (tertiary/aromatic N) is 2. The van der Waals surface area contributed by atoms with Gasteiger partial charge in [-0.2, -0.15) is 0 Å². The lowest BCUT2D eigenvalue weighted by molar-refractivity contribution is 0.0693. The zero-order valence-corrected chi connectivity index (χ0v) is 12.3. The molecule has 1 amide bonds. The van der Waals surface area contributed by atoms with E-state index in [9.17, 15) is 14.7 Å². The molecule has 1 aromatic carbocycles. The minimum Gasteiger partial charge on any atom is -0.507 e. The Morgan fingerprint density at radius 1 is 1.09 bits per heavy atom. The third-order valence-electron chi connectivity index (χ3n) is 3.14. The Morgan fingerprint density at radius 2 is 1.77 bits per heavy atom. The van der Waals surface area contributed by atoms with Crippen molar-refractivity contribution in [1.82, 2.24) is 9.97 Å². The number of nitrogens with one attached hydrogen (secondary N) is 1. The number of carboxylic acids is 1. The van der Waals surface area contributed by atoms with E-state index in [4.69, 9.17) is 5.11 Å². The second-order valence-electron chi connectivity index (χ2n) is 4.89. The van der Waals surface area contributed by atoms with Crippen molar-refractivity contribution in [1.29, 1.82) is 0 Å². The van der Waals surface area contributed by atoms with Gasteiger partial charge < -0.3 is 15.5 Å². The van der Waals surface area contributed by atoms with Crippen LogP contribution >= 0.6 is 0 Å². The number of benzene rings is 1. The summed E-state index contributed by atoms with van der Waals surface area (Å²) in [6.07, 6.45) is 1.59. The highest BCUT2D eigenvalue weighted by Gasteiger charge is 2.18. The second-order valence-corrected chi connectivity index (χ2v) is 4.89. The maximum atomic E-state index is 12.3. The molecule has 114 valence electrons. The van der Waals surface area contributed by atoms with Gasteiger partial charge in [-0.15, -0.1) is 0 Å². The molecular weight excluding hydrogens is 286 g/mol. The maximum absolute atomic E-state index is 12.3. The number of hydrogen-bond donors (Lipinski definition) is 3. The van der Waals surface area contributed by atoms with Crippen molar-refractivity contribution >= 4 is 17.7 Å². The third kappa shape index (κ3) is 3.03. The molecule has 0 saturated carbocycles. The van der Waals surface area contributed by atoms with Crippen molar-refractivity contribution in [2.75, 3.05) is 5.32 Å². The first-order valence-electron chi connectivity index (χ1n) is 6.48. The number of carboxylic acid groups (broad SMARTS) is 1. The highest BCUT2D eigenvalue weighted by Crippen LogP contribution is 2.23. The minimum absolute atomic E-state index is 0.158. The van der Waals surface area contributed by atoms with Gasteiger partial charge in [-0.1, -0.05) is 0 Å². The molecule has 0 radical (unpaired) electrons. The summed E-state index contributed by atoms with van der Waals surface area (Å²) in [6, 6.07) is 2.39. The normalized spacial score (nSPS) is 10.3. The van der Waals surface area contributed by atoms with Gasteiger partial charge in [-0.25, -0.2) is 14.8 Å². The predicted molar refractivity (Wildman–Crippen MR) is 79.3 cm³/mol. The van der Waals surface area contributed by atoms with Gasteiger partial charge in [-0.3, -0.25) is 4.79 Å². The zero-order valence-electron chi connectivity index (χ0n) is 12.3. The first kappa shape index (κ1) is 15.4. The molecule has 2 rings (SSSR count). The van der Waals surface area contributed by atoms with E-state index < -0.39 is 11.9 Å². The number of carbonyl (C=O) groups is 2. The number of carbonyl (C=O) groups excluding carboxylic acids is 1. The smallest absolute Gasteiger partial charge is 0.339 e. The van der Waals surface area contributed by atoms with Crippen LogP contribution in [0.3, 0.4) is 0 Å². The highest BCUT2D eigenvalue weighted by atomic mass is 16.4. The summed E-state index contributed by atoms with van der Waals surface area (Å²) in [4.78, 5) is 31.5. The number of anilines is 1. The van der Waals surface area contributed by atoms with Gasteiger partial charge in [0.1, 0.15) is 23.0 Å². The van der Waals surface area contributed by atoms with Crippen molar-refractivity contribution in [3.63, 3.8) is 0 Å². The molecule has 0 spiro atoms. The molecule has 0 unspecified atom stereocenters. The summed E-state index contributed by atoms with van der Waals surface area (Å²) in [7, 11) is 0. The van der Waals surface area contributed by atoms with Crippen LogP contribution < -0.4 is 5.32 Å². The SMILES string of the molecule is Cc1ncc(C)c(NC(=O)c2cc(C(=O)O)c(O)cc2C)n1. The molecule has 0 bridgehead atoms. The lowest BCUT2D eigenvalue weighted by Crippen LogP contribution is -2.16. The molecule has 1 heterocycles. The van der Waals surface area contributed by atoms with Gasteiger partial charge in [0.2, 0.25) is 0 Å². The fraction of sp³-hybridized carbons (Fsp3) is 0.200. The fourth-order valence-electron chi connectivity index (χ4n) is 1.94. The molecule has 7 heteroatoms. The van der Waals surface area contributed by atoms with E-state index >= 15 is 0 Å². The van der Waals surface area contributed by atoms with Crippen molar-refractivity contribution in [2.24, 2.45) is 0 Å². The summed E-state index contributed by atoms with van der Waals surface area (Å²) in [5.74, 6) is -1.31. The van der Waals surface area contributed by atoms with Crippen molar-refractivity contribution < 1.29 is 19.8 Å². The molecule has 2 aromatic rings. The first-order valence-corrected chi connectivity index (χ1v) is 6.48. The summed E-state index contributed by atoms with van der Waals surface area (Å²) in [5.41, 5.74) is 0.981. The van der Waals surface area contributed by atoms with Crippen molar-refractivity contribution in [3.8, 4) is 5.75 Å². The minimum atomic E-state index is -1.30. The summed E-state index contributed by atoms with van der Waals surface area (Å²) < 4.78 is 0. The largest absolute Gasteiger partial charge is 0.507 e. The summed E-state index contributed by atoms with van der Waals surface area (Å²) in [6.45, 7) is 5.06. The Kier molecular flexibility index (Phi) is 4.07. The van der Waals surface area contributed by atoms with Gasteiger partial charge in [0.05, 0.1) is 0 Å². The first-order chi connectivity index (χ1) is 10.3. The van der Waals surface area contributed by atoms with E-state index in [1.165, 1.54) is 6.07 Å². The number of phenols is 1. The van der Waals surface area contributed by atoms with Crippen LogP contribution in [-0.4, -0.2) is 32.1 Å². The van der Waals surface area contributed by atoms with Crippen molar-refractivity contribution in [3.05, 3.63) is 46.4 Å².